The summed E-state index contributed by atoms with van der Waals surface area (Å²) in [5.41, 5.74) is 0.818. The van der Waals surface area contributed by atoms with E-state index in [1.807, 2.05) is 23.6 Å². The lowest BCUT2D eigenvalue weighted by Gasteiger charge is -2.06. The lowest BCUT2D eigenvalue weighted by Crippen LogP contribution is -2.19. The number of hydrogen-bond acceptors (Lipinski definition) is 6. The van der Waals surface area contributed by atoms with Gasteiger partial charge in [0.1, 0.15) is 0 Å². The van der Waals surface area contributed by atoms with E-state index in [2.05, 4.69) is 4.99 Å². The van der Waals surface area contributed by atoms with Crippen molar-refractivity contribution in [2.45, 2.75) is 13.5 Å². The van der Waals surface area contributed by atoms with Crippen LogP contribution in [0.25, 0.3) is 16.3 Å². The lowest BCUT2D eigenvalue weighted by molar-refractivity contribution is -0.380. The van der Waals surface area contributed by atoms with Crippen molar-refractivity contribution in [3.8, 4) is 0 Å². The molecule has 0 aliphatic heterocycles. The summed E-state index contributed by atoms with van der Waals surface area (Å²) in [7, 11) is 0. The van der Waals surface area contributed by atoms with Crippen LogP contribution in [0.1, 0.15) is 11.8 Å². The van der Waals surface area contributed by atoms with Gasteiger partial charge in [-0.1, -0.05) is 40.3 Å². The Morgan fingerprint density at radius 3 is 2.89 bits per heavy atom. The number of thiazole rings is 1. The number of benzene rings is 1. The van der Waals surface area contributed by atoms with E-state index >= 15 is 0 Å². The van der Waals surface area contributed by atoms with Crippen molar-refractivity contribution in [2.75, 3.05) is 13.2 Å². The zero-order chi connectivity index (χ0) is 20.1. The average Bonchev–Trinajstić information content (AvgIpc) is 3.26. The predicted octanol–water partition coefficient (Wildman–Crippen LogP) is 4.50. The number of para-hydroxylation sites is 1. The molecular weight excluding hydrogens is 422 g/mol. The predicted molar refractivity (Wildman–Crippen MR) is 112 cm³/mol. The Balaban J connectivity index is 1.91. The molecule has 2 heterocycles. The molecule has 0 saturated carbocycles. The van der Waals surface area contributed by atoms with Crippen molar-refractivity contribution in [3.63, 3.8) is 0 Å². The van der Waals surface area contributed by atoms with Crippen molar-refractivity contribution in [3.05, 3.63) is 61.2 Å². The molecule has 0 unspecified atom stereocenters. The number of carbonyl (C=O) groups is 1. The third-order valence-corrected chi connectivity index (χ3v) is 6.05. The molecule has 0 bridgehead atoms. The summed E-state index contributed by atoms with van der Waals surface area (Å²) < 4.78 is 8.23. The van der Waals surface area contributed by atoms with Crippen LogP contribution >= 0.6 is 34.3 Å². The molecular formula is C18H16ClN3O4S2. The number of rotatable bonds is 7. The number of fused-ring (bicyclic) bond motifs is 1. The molecule has 3 rings (SSSR count). The zero-order valence-electron chi connectivity index (χ0n) is 14.8. The van der Waals surface area contributed by atoms with Crippen LogP contribution in [0.15, 0.2) is 41.4 Å². The summed E-state index contributed by atoms with van der Waals surface area (Å²) >= 11 is 8.71. The number of halogens is 1. The lowest BCUT2D eigenvalue weighted by atomic mass is 10.3. The van der Waals surface area contributed by atoms with Crippen LogP contribution in [0.3, 0.4) is 0 Å². The van der Waals surface area contributed by atoms with Gasteiger partial charge in [0.25, 0.3) is 5.91 Å². The fourth-order valence-corrected chi connectivity index (χ4v) is 4.64. The van der Waals surface area contributed by atoms with Crippen molar-refractivity contribution >= 4 is 61.5 Å². The van der Waals surface area contributed by atoms with E-state index in [0.717, 1.165) is 21.6 Å². The van der Waals surface area contributed by atoms with Crippen LogP contribution in [0.5, 0.6) is 0 Å². The van der Waals surface area contributed by atoms with Crippen LogP contribution < -0.4 is 4.80 Å². The van der Waals surface area contributed by atoms with E-state index in [9.17, 15) is 14.9 Å². The molecule has 146 valence electrons. The zero-order valence-corrected chi connectivity index (χ0v) is 17.2. The van der Waals surface area contributed by atoms with Crippen LogP contribution in [0.2, 0.25) is 5.02 Å². The summed E-state index contributed by atoms with van der Waals surface area (Å²) in [5.74, 6) is -0.455. The van der Waals surface area contributed by atoms with Crippen LogP contribution in [-0.2, 0) is 16.1 Å². The quantitative estimate of drug-likeness (QED) is 0.235. The van der Waals surface area contributed by atoms with Gasteiger partial charge in [-0.15, -0.1) is 0 Å². The number of nitrogens with zero attached hydrogens (tertiary/aromatic N) is 3. The number of carbonyl (C=O) groups excluding carboxylic acids is 1. The highest BCUT2D eigenvalue weighted by molar-refractivity contribution is 7.16. The van der Waals surface area contributed by atoms with E-state index in [1.54, 1.807) is 12.1 Å². The first-order chi connectivity index (χ1) is 13.5. The van der Waals surface area contributed by atoms with Crippen LogP contribution in [0, 0.1) is 10.1 Å². The van der Waals surface area contributed by atoms with E-state index in [0.29, 0.717) is 34.5 Å². The molecule has 0 aliphatic carbocycles. The van der Waals surface area contributed by atoms with Gasteiger partial charge in [-0.3, -0.25) is 14.9 Å². The Bertz CT molecular complexity index is 1110. The minimum atomic E-state index is -0.462. The molecule has 7 nitrogen and oxygen atoms in total. The van der Waals surface area contributed by atoms with Gasteiger partial charge in [0.05, 0.1) is 26.8 Å². The average molecular weight is 438 g/mol. The normalized spacial score (nSPS) is 12.3. The Morgan fingerprint density at radius 1 is 1.36 bits per heavy atom. The highest BCUT2D eigenvalue weighted by atomic mass is 35.5. The topological polar surface area (TPSA) is 86.7 Å². The molecule has 2 aromatic heterocycles. The van der Waals surface area contributed by atoms with Crippen molar-refractivity contribution < 1.29 is 14.5 Å². The van der Waals surface area contributed by atoms with E-state index in [4.69, 9.17) is 16.3 Å². The number of amides is 1. The summed E-state index contributed by atoms with van der Waals surface area (Å²) in [6.45, 7) is 3.50. The Labute approximate surface area is 173 Å². The molecule has 0 atom stereocenters. The maximum Gasteiger partial charge on any atom is 0.324 e. The first-order valence-corrected chi connectivity index (χ1v) is 10.4. The molecule has 3 aromatic rings. The van der Waals surface area contributed by atoms with Gasteiger partial charge in [-0.2, -0.15) is 4.99 Å². The van der Waals surface area contributed by atoms with Crippen LogP contribution in [-0.4, -0.2) is 28.6 Å². The number of aromatic nitrogens is 1. The number of nitro groups is 1. The first kappa shape index (κ1) is 20.4. The maximum absolute atomic E-state index is 12.3. The summed E-state index contributed by atoms with van der Waals surface area (Å²) in [6, 6.07) is 8.56. The Kier molecular flexibility index (Phi) is 6.74. The fraction of sp³-hybridized carbons (Fsp3) is 0.222. The van der Waals surface area contributed by atoms with Gasteiger partial charge in [-0.25, -0.2) is 0 Å². The second kappa shape index (κ2) is 9.24. The van der Waals surface area contributed by atoms with Crippen molar-refractivity contribution in [1.29, 1.82) is 0 Å². The third-order valence-electron chi connectivity index (χ3n) is 3.70. The Morgan fingerprint density at radius 2 is 2.18 bits per heavy atom. The molecule has 0 N–H and O–H groups in total. The maximum atomic E-state index is 12.3. The van der Waals surface area contributed by atoms with Gasteiger partial charge >= 0.3 is 5.00 Å². The molecule has 0 saturated heterocycles. The van der Waals surface area contributed by atoms with Gasteiger partial charge < -0.3 is 9.30 Å². The second-order valence-electron chi connectivity index (χ2n) is 5.54. The molecule has 0 fully saturated rings. The van der Waals surface area contributed by atoms with E-state index in [1.165, 1.54) is 29.6 Å². The number of ether oxygens (including phenoxy) is 1. The molecule has 0 spiro atoms. The first-order valence-electron chi connectivity index (χ1n) is 8.36. The van der Waals surface area contributed by atoms with Crippen molar-refractivity contribution in [2.24, 2.45) is 4.99 Å². The number of hydrogen-bond donors (Lipinski definition) is 0. The fourth-order valence-electron chi connectivity index (χ4n) is 2.49. The Hall–Kier alpha value is -2.33. The SMILES string of the molecule is CCOCCn1c(=NC(=O)C=Cc2ccc([N+](=O)[O-])s2)sc2cccc(Cl)c21. The minimum absolute atomic E-state index is 0.0250. The molecule has 28 heavy (non-hydrogen) atoms. The minimum Gasteiger partial charge on any atom is -0.380 e. The van der Waals surface area contributed by atoms with Crippen molar-refractivity contribution in [1.82, 2.24) is 4.57 Å². The molecule has 0 aliphatic rings. The summed E-state index contributed by atoms with van der Waals surface area (Å²) in [4.78, 5) is 27.9. The second-order valence-corrected chi connectivity index (χ2v) is 8.05. The van der Waals surface area contributed by atoms with Gasteiger partial charge in [0, 0.05) is 30.2 Å². The van der Waals surface area contributed by atoms with Gasteiger partial charge in [-0.05, 0) is 31.2 Å². The molecule has 1 aromatic carbocycles. The van der Waals surface area contributed by atoms with Gasteiger partial charge in [0.2, 0.25) is 0 Å². The largest absolute Gasteiger partial charge is 0.380 e. The molecule has 10 heteroatoms. The summed E-state index contributed by atoms with van der Waals surface area (Å²) in [5, 5.41) is 11.3. The monoisotopic (exact) mass is 437 g/mol. The highest BCUT2D eigenvalue weighted by Crippen LogP contribution is 2.26. The standard InChI is InChI=1S/C18H16ClN3O4S2/c1-2-26-11-10-21-17-13(19)4-3-5-14(17)28-18(21)20-15(23)8-6-12-7-9-16(27-12)22(24)25/h3-9H,2,10-11H2,1H3. The van der Waals surface area contributed by atoms with Gasteiger partial charge in [0.15, 0.2) is 4.80 Å². The molecule has 0 radical (unpaired) electrons. The van der Waals surface area contributed by atoms with E-state index in [-0.39, 0.29) is 5.00 Å². The van der Waals surface area contributed by atoms with E-state index < -0.39 is 10.8 Å². The van der Waals surface area contributed by atoms with Crippen LogP contribution in [0.4, 0.5) is 5.00 Å². The number of thiophene rings is 1. The summed E-state index contributed by atoms with van der Waals surface area (Å²) in [6.07, 6.45) is 2.82. The highest BCUT2D eigenvalue weighted by Gasteiger charge is 2.11. The smallest absolute Gasteiger partial charge is 0.324 e. The third kappa shape index (κ3) is 4.74. The molecule has 1 amide bonds.